The van der Waals surface area contributed by atoms with E-state index in [-0.39, 0.29) is 0 Å². The van der Waals surface area contributed by atoms with Crippen LogP contribution in [0.1, 0.15) is 31.9 Å². The molecule has 3 rings (SSSR count). The first-order chi connectivity index (χ1) is 14.2. The molecule has 0 unspecified atom stereocenters. The highest BCUT2D eigenvalue weighted by Gasteiger charge is 2.14. The lowest BCUT2D eigenvalue weighted by Crippen LogP contribution is -2.21. The van der Waals surface area contributed by atoms with Gasteiger partial charge in [-0.3, -0.25) is 4.90 Å². The van der Waals surface area contributed by atoms with Gasteiger partial charge < -0.3 is 5.32 Å². The summed E-state index contributed by atoms with van der Waals surface area (Å²) in [5, 5.41) is 10.4. The predicted molar refractivity (Wildman–Crippen MR) is 118 cm³/mol. The SMILES string of the molecule is C=C/C=C(\C=C)CN1CCCC1.CCCNCc1c(-c2ccccc2)nnn1F. The minimum atomic E-state index is 0.338. The number of allylic oxidation sites excluding steroid dienone is 2. The molecule has 1 aromatic heterocycles. The van der Waals surface area contributed by atoms with Crippen LogP contribution in [0, 0.1) is 0 Å². The fourth-order valence-electron chi connectivity index (χ4n) is 3.17. The van der Waals surface area contributed by atoms with E-state index in [1.54, 1.807) is 0 Å². The van der Waals surface area contributed by atoms with Crippen LogP contribution in [0.3, 0.4) is 0 Å². The van der Waals surface area contributed by atoms with Crippen molar-refractivity contribution < 1.29 is 4.48 Å². The topological polar surface area (TPSA) is 46.0 Å². The number of benzene rings is 1. The molecule has 0 bridgehead atoms. The quantitative estimate of drug-likeness (QED) is 0.498. The zero-order valence-corrected chi connectivity index (χ0v) is 17.4. The highest BCUT2D eigenvalue weighted by atomic mass is 19.2. The number of hydrogen-bond acceptors (Lipinski definition) is 4. The standard InChI is InChI=1S/C12H15FN4.C11H17N/c1-2-8-14-9-11-12(15-16-17(11)13)10-6-4-3-5-7-10;1-3-7-11(4-2)10-12-8-5-6-9-12/h3-7,14H,2,8-9H2,1H3;3-4,7H,1-2,5-6,8-10H2/b;11-7+. The average Bonchev–Trinajstić information content (AvgIpc) is 3.39. The summed E-state index contributed by atoms with van der Waals surface area (Å²) >= 11 is 0. The van der Waals surface area contributed by atoms with Gasteiger partial charge in [-0.25, -0.2) is 0 Å². The zero-order chi connectivity index (χ0) is 20.9. The summed E-state index contributed by atoms with van der Waals surface area (Å²) in [6.45, 7) is 14.3. The van der Waals surface area contributed by atoms with Gasteiger partial charge in [-0.15, -0.1) is 5.10 Å². The van der Waals surface area contributed by atoms with Crippen LogP contribution in [0.2, 0.25) is 0 Å². The van der Waals surface area contributed by atoms with E-state index in [1.165, 1.54) is 31.5 Å². The fourth-order valence-corrected chi connectivity index (χ4v) is 3.17. The van der Waals surface area contributed by atoms with Gasteiger partial charge in [0.25, 0.3) is 0 Å². The average molecular weight is 398 g/mol. The minimum Gasteiger partial charge on any atom is -0.311 e. The molecule has 6 heteroatoms. The molecule has 2 heterocycles. The van der Waals surface area contributed by atoms with Crippen molar-refractivity contribution in [1.29, 1.82) is 0 Å². The molecule has 1 aliphatic heterocycles. The van der Waals surface area contributed by atoms with E-state index in [1.807, 2.05) is 48.6 Å². The molecule has 29 heavy (non-hydrogen) atoms. The van der Waals surface area contributed by atoms with Crippen LogP contribution < -0.4 is 5.32 Å². The summed E-state index contributed by atoms with van der Waals surface area (Å²) < 4.78 is 13.4. The van der Waals surface area contributed by atoms with E-state index in [0.29, 0.717) is 22.8 Å². The second-order valence-corrected chi connectivity index (χ2v) is 6.95. The van der Waals surface area contributed by atoms with Crippen LogP contribution in [0.5, 0.6) is 0 Å². The van der Waals surface area contributed by atoms with E-state index in [2.05, 4.69) is 40.6 Å². The second-order valence-electron chi connectivity index (χ2n) is 6.95. The largest absolute Gasteiger partial charge is 0.311 e. The van der Waals surface area contributed by atoms with Gasteiger partial charge in [0, 0.05) is 18.7 Å². The first-order valence-electron chi connectivity index (χ1n) is 10.2. The van der Waals surface area contributed by atoms with Gasteiger partial charge >= 0.3 is 0 Å². The van der Waals surface area contributed by atoms with E-state index in [9.17, 15) is 4.48 Å². The van der Waals surface area contributed by atoms with Crippen LogP contribution in [0.4, 0.5) is 4.48 Å². The predicted octanol–water partition coefficient (Wildman–Crippen LogP) is 4.56. The Bertz CT molecular complexity index is 776. The molecule has 0 aliphatic carbocycles. The van der Waals surface area contributed by atoms with Crippen LogP contribution in [-0.4, -0.2) is 46.3 Å². The Labute approximate surface area is 173 Å². The Morgan fingerprint density at radius 3 is 2.55 bits per heavy atom. The van der Waals surface area contributed by atoms with Gasteiger partial charge in [-0.05, 0) is 49.7 Å². The van der Waals surface area contributed by atoms with Crippen LogP contribution >= 0.6 is 0 Å². The molecule has 5 nitrogen and oxygen atoms in total. The summed E-state index contributed by atoms with van der Waals surface area (Å²) in [6, 6.07) is 9.50. The Balaban J connectivity index is 0.000000221. The molecule has 1 aliphatic rings. The van der Waals surface area contributed by atoms with Crippen LogP contribution in [-0.2, 0) is 6.54 Å². The first kappa shape index (κ1) is 22.7. The molecular weight excluding hydrogens is 365 g/mol. The van der Waals surface area contributed by atoms with Crippen molar-refractivity contribution in [3.05, 3.63) is 73.0 Å². The summed E-state index contributed by atoms with van der Waals surface area (Å²) in [7, 11) is 0. The third kappa shape index (κ3) is 7.40. The number of likely N-dealkylation sites (tertiary alicyclic amines) is 1. The Morgan fingerprint density at radius 1 is 1.21 bits per heavy atom. The first-order valence-corrected chi connectivity index (χ1v) is 10.2. The van der Waals surface area contributed by atoms with Crippen molar-refractivity contribution in [2.75, 3.05) is 26.2 Å². The number of halogens is 1. The van der Waals surface area contributed by atoms with Gasteiger partial charge in [0.05, 0.1) is 0 Å². The monoisotopic (exact) mass is 397 g/mol. The van der Waals surface area contributed by atoms with Crippen LogP contribution in [0.25, 0.3) is 11.3 Å². The minimum absolute atomic E-state index is 0.338. The maximum absolute atomic E-state index is 13.4. The van der Waals surface area contributed by atoms with E-state index in [4.69, 9.17) is 0 Å². The third-order valence-corrected chi connectivity index (χ3v) is 4.68. The third-order valence-electron chi connectivity index (χ3n) is 4.68. The Kier molecular flexibility index (Phi) is 10.0. The molecule has 1 saturated heterocycles. The molecule has 1 N–H and O–H groups in total. The Hall–Kier alpha value is -2.57. The van der Waals surface area contributed by atoms with E-state index >= 15 is 0 Å². The summed E-state index contributed by atoms with van der Waals surface area (Å²) in [4.78, 5) is 2.79. The molecule has 2 aromatic rings. The summed E-state index contributed by atoms with van der Waals surface area (Å²) in [5.41, 5.74) is 3.21. The van der Waals surface area contributed by atoms with E-state index in [0.717, 1.165) is 25.1 Å². The van der Waals surface area contributed by atoms with Crippen molar-refractivity contribution in [3.8, 4) is 11.3 Å². The smallest absolute Gasteiger partial charge is 0.120 e. The van der Waals surface area contributed by atoms with Gasteiger partial charge in [0.2, 0.25) is 0 Å². The fraction of sp³-hybridized carbons (Fsp3) is 0.391. The van der Waals surface area contributed by atoms with Crippen molar-refractivity contribution in [3.63, 3.8) is 0 Å². The number of rotatable bonds is 9. The molecule has 1 fully saturated rings. The number of nitrogens with one attached hydrogen (secondary N) is 1. The van der Waals surface area contributed by atoms with Gasteiger partial charge in [0.1, 0.15) is 11.4 Å². The van der Waals surface area contributed by atoms with Crippen molar-refractivity contribution >= 4 is 0 Å². The molecule has 156 valence electrons. The number of nitrogens with zero attached hydrogens (tertiary/aromatic N) is 4. The lowest BCUT2D eigenvalue weighted by atomic mass is 10.1. The summed E-state index contributed by atoms with van der Waals surface area (Å²) in [6.07, 6.45) is 9.48. The normalized spacial score (nSPS) is 14.3. The lowest BCUT2D eigenvalue weighted by molar-refractivity contribution is 0.290. The zero-order valence-electron chi connectivity index (χ0n) is 17.4. The molecule has 0 amide bonds. The molecule has 0 atom stereocenters. The molecule has 1 aromatic carbocycles. The number of aromatic nitrogens is 3. The van der Waals surface area contributed by atoms with E-state index < -0.39 is 0 Å². The van der Waals surface area contributed by atoms with Gasteiger partial charge in [-0.1, -0.05) is 78.0 Å². The second kappa shape index (κ2) is 12.8. The lowest BCUT2D eigenvalue weighted by Gasteiger charge is -2.14. The van der Waals surface area contributed by atoms with Gasteiger partial charge in [0.15, 0.2) is 0 Å². The molecule has 0 radical (unpaired) electrons. The molecule has 0 spiro atoms. The van der Waals surface area contributed by atoms with Crippen molar-refractivity contribution in [2.24, 2.45) is 0 Å². The Morgan fingerprint density at radius 2 is 1.93 bits per heavy atom. The summed E-state index contributed by atoms with van der Waals surface area (Å²) in [5.74, 6) is 0. The maximum Gasteiger partial charge on any atom is 0.120 e. The molecule has 0 saturated carbocycles. The van der Waals surface area contributed by atoms with Crippen molar-refractivity contribution in [2.45, 2.75) is 32.7 Å². The van der Waals surface area contributed by atoms with Gasteiger partial charge in [-0.2, -0.15) is 0 Å². The maximum atomic E-state index is 13.4. The van der Waals surface area contributed by atoms with Crippen LogP contribution in [0.15, 0.2) is 67.3 Å². The highest BCUT2D eigenvalue weighted by Crippen LogP contribution is 2.20. The number of hydrogen-bond donors (Lipinski definition) is 1. The molecular formula is C23H32FN5. The highest BCUT2D eigenvalue weighted by molar-refractivity contribution is 5.60. The van der Waals surface area contributed by atoms with Crippen molar-refractivity contribution in [1.82, 2.24) is 25.4 Å².